The van der Waals surface area contributed by atoms with Crippen molar-refractivity contribution in [2.24, 2.45) is 0 Å². The van der Waals surface area contributed by atoms with Gasteiger partial charge in [-0.1, -0.05) is 25.3 Å². The van der Waals surface area contributed by atoms with Crippen molar-refractivity contribution in [1.29, 1.82) is 0 Å². The van der Waals surface area contributed by atoms with Gasteiger partial charge in [-0.3, -0.25) is 14.3 Å². The number of likely N-dealkylation sites (tertiary alicyclic amines) is 1. The van der Waals surface area contributed by atoms with Crippen LogP contribution in [0, 0.1) is 0 Å². The van der Waals surface area contributed by atoms with Crippen LogP contribution in [0.2, 0.25) is 0 Å². The smallest absolute Gasteiger partial charge is 0.264 e. The molecule has 2 aromatic heterocycles. The minimum atomic E-state index is -3.86. The molecular formula is C46H58N6O6S. The molecule has 13 heteroatoms. The quantitative estimate of drug-likeness (QED) is 0.188. The SMILES string of the molecule is COc1ccc2c(c1)C=C(c1c(C(=O)N3C4CCC3CC(C)(O)C4)cnn1C1CCN(C)CC1)Cn1c-2c(C2CCCCC2)c2ccc(C(=O)NS(=O)(=O)C(C)C)cc21. The van der Waals surface area contributed by atoms with Crippen molar-refractivity contribution < 1.29 is 27.9 Å². The van der Waals surface area contributed by atoms with Gasteiger partial charge in [0, 0.05) is 34.1 Å². The molecule has 2 bridgehead atoms. The van der Waals surface area contributed by atoms with Crippen molar-refractivity contribution in [3.8, 4) is 17.0 Å². The fraction of sp³-hybridized carbons (Fsp3) is 0.543. The molecule has 5 aliphatic rings. The number of aromatic nitrogens is 3. The number of aliphatic hydroxyl groups is 1. The Hall–Kier alpha value is -4.46. The molecule has 1 aliphatic carbocycles. The Bertz CT molecular complexity index is 2430. The van der Waals surface area contributed by atoms with E-state index in [0.29, 0.717) is 30.9 Å². The molecule has 4 fully saturated rings. The topological polar surface area (TPSA) is 139 Å². The second-order valence-electron chi connectivity index (χ2n) is 18.5. The first-order valence-electron chi connectivity index (χ1n) is 21.7. The Balaban J connectivity index is 1.25. The summed E-state index contributed by atoms with van der Waals surface area (Å²) >= 11 is 0. The summed E-state index contributed by atoms with van der Waals surface area (Å²) in [5, 5.41) is 16.5. The van der Waals surface area contributed by atoms with E-state index in [4.69, 9.17) is 9.84 Å². The molecule has 3 saturated heterocycles. The highest BCUT2D eigenvalue weighted by molar-refractivity contribution is 7.90. The van der Waals surface area contributed by atoms with E-state index in [1.54, 1.807) is 33.2 Å². The van der Waals surface area contributed by atoms with Gasteiger partial charge in [0.05, 0.1) is 53.7 Å². The summed E-state index contributed by atoms with van der Waals surface area (Å²) < 4.78 is 38.3. The molecule has 9 rings (SSSR count). The zero-order valence-corrected chi connectivity index (χ0v) is 35.9. The summed E-state index contributed by atoms with van der Waals surface area (Å²) in [5.74, 6) is 0.330. The van der Waals surface area contributed by atoms with Gasteiger partial charge >= 0.3 is 0 Å². The molecule has 2 aromatic carbocycles. The summed E-state index contributed by atoms with van der Waals surface area (Å²) in [6, 6.07) is 11.8. The maximum Gasteiger partial charge on any atom is 0.264 e. The van der Waals surface area contributed by atoms with E-state index in [2.05, 4.69) is 44.1 Å². The van der Waals surface area contributed by atoms with E-state index < -0.39 is 26.8 Å². The van der Waals surface area contributed by atoms with E-state index in [0.717, 1.165) is 109 Å². The highest BCUT2D eigenvalue weighted by Crippen LogP contribution is 2.49. The highest BCUT2D eigenvalue weighted by atomic mass is 32.2. The zero-order chi connectivity index (χ0) is 41.4. The monoisotopic (exact) mass is 822 g/mol. The number of methoxy groups -OCH3 is 1. The van der Waals surface area contributed by atoms with E-state index in [9.17, 15) is 18.3 Å². The Kier molecular flexibility index (Phi) is 10.3. The molecule has 2 unspecified atom stereocenters. The summed E-state index contributed by atoms with van der Waals surface area (Å²) in [5.41, 5.74) is 6.97. The van der Waals surface area contributed by atoms with Gasteiger partial charge in [-0.25, -0.2) is 13.1 Å². The van der Waals surface area contributed by atoms with Crippen LogP contribution in [0.1, 0.15) is 141 Å². The maximum atomic E-state index is 15.1. The lowest BCUT2D eigenvalue weighted by atomic mass is 9.81. The van der Waals surface area contributed by atoms with Crippen molar-refractivity contribution in [3.63, 3.8) is 0 Å². The second-order valence-corrected chi connectivity index (χ2v) is 20.7. The first kappa shape index (κ1) is 40.0. The Labute approximate surface area is 347 Å². The predicted molar refractivity (Wildman–Crippen MR) is 230 cm³/mol. The number of hydrogen-bond acceptors (Lipinski definition) is 8. The third kappa shape index (κ3) is 7.20. The maximum absolute atomic E-state index is 15.1. The Morgan fingerprint density at radius 2 is 1.64 bits per heavy atom. The molecule has 59 heavy (non-hydrogen) atoms. The van der Waals surface area contributed by atoms with Crippen LogP contribution in [0.25, 0.3) is 33.8 Å². The van der Waals surface area contributed by atoms with Crippen LogP contribution in [0.15, 0.2) is 42.6 Å². The number of nitrogens with zero attached hydrogens (tertiary/aromatic N) is 5. The van der Waals surface area contributed by atoms with E-state index in [-0.39, 0.29) is 29.6 Å². The molecule has 4 aliphatic heterocycles. The summed E-state index contributed by atoms with van der Waals surface area (Å²) in [6.45, 7) is 7.24. The van der Waals surface area contributed by atoms with Crippen LogP contribution in [-0.2, 0) is 16.6 Å². The van der Waals surface area contributed by atoms with Crippen molar-refractivity contribution in [2.75, 3.05) is 27.2 Å². The number of carbonyl (C=O) groups is 2. The number of benzene rings is 2. The highest BCUT2D eigenvalue weighted by Gasteiger charge is 2.48. The van der Waals surface area contributed by atoms with Gasteiger partial charge in [-0.05, 0) is 151 Å². The summed E-state index contributed by atoms with van der Waals surface area (Å²) in [6.07, 6.45) is 14.2. The molecule has 0 radical (unpaired) electrons. The molecule has 0 spiro atoms. The van der Waals surface area contributed by atoms with Gasteiger partial charge in [0.15, 0.2) is 0 Å². The molecule has 4 aromatic rings. The molecule has 12 nitrogen and oxygen atoms in total. The predicted octanol–water partition coefficient (Wildman–Crippen LogP) is 7.37. The van der Waals surface area contributed by atoms with Gasteiger partial charge in [0.2, 0.25) is 10.0 Å². The van der Waals surface area contributed by atoms with Crippen LogP contribution in [-0.4, -0.2) is 99.7 Å². The normalized spacial score (nSPS) is 24.2. The molecular weight excluding hydrogens is 765 g/mol. The Morgan fingerprint density at radius 3 is 2.32 bits per heavy atom. The molecule has 6 heterocycles. The fourth-order valence-electron chi connectivity index (χ4n) is 10.9. The largest absolute Gasteiger partial charge is 0.497 e. The fourth-order valence-corrected chi connectivity index (χ4v) is 11.5. The van der Waals surface area contributed by atoms with Crippen molar-refractivity contribution in [2.45, 2.75) is 133 Å². The van der Waals surface area contributed by atoms with E-state index >= 15 is 4.79 Å². The summed E-state index contributed by atoms with van der Waals surface area (Å²) in [4.78, 5) is 33.2. The first-order chi connectivity index (χ1) is 28.2. The number of piperidine rings is 2. The standard InChI is InChI=1S/C46H58N6O6S/c1-28(2)59(56,57)48-44(53)30-11-15-38-40(23-30)50-27-32(21-31-22-36(58-5)14-16-37(31)43(50)41(38)29-9-7-6-8-10-29)42-39(26-47-52(42)33-17-19-49(4)20-18-33)45(54)51-34-12-13-35(51)25-46(3,55)24-34/h11,14-16,21-23,26,28-29,33-35,55H,6-10,12-13,17-20,24-25,27H2,1-5H3,(H,48,53). The van der Waals surface area contributed by atoms with E-state index in [1.807, 2.05) is 30.0 Å². The number of nitrogens with one attached hydrogen (secondary N) is 1. The number of fused-ring (bicyclic) bond motifs is 7. The third-order valence-corrected chi connectivity index (χ3v) is 15.7. The van der Waals surface area contributed by atoms with Crippen LogP contribution >= 0.6 is 0 Å². The van der Waals surface area contributed by atoms with Crippen LogP contribution < -0.4 is 9.46 Å². The minimum Gasteiger partial charge on any atom is -0.497 e. The van der Waals surface area contributed by atoms with Crippen LogP contribution in [0.5, 0.6) is 5.75 Å². The number of rotatable bonds is 8. The zero-order valence-electron chi connectivity index (χ0n) is 35.0. The van der Waals surface area contributed by atoms with Gasteiger partial charge in [0.1, 0.15) is 5.75 Å². The first-order valence-corrected chi connectivity index (χ1v) is 23.2. The number of sulfonamides is 1. The van der Waals surface area contributed by atoms with Crippen LogP contribution in [0.4, 0.5) is 0 Å². The average Bonchev–Trinajstić information content (AvgIpc) is 3.84. The molecule has 1 saturated carbocycles. The third-order valence-electron chi connectivity index (χ3n) is 14.0. The number of carbonyl (C=O) groups excluding carboxylic acids is 2. The average molecular weight is 823 g/mol. The number of amides is 2. The second kappa shape index (κ2) is 15.2. The van der Waals surface area contributed by atoms with Crippen LogP contribution in [0.3, 0.4) is 0 Å². The van der Waals surface area contributed by atoms with Gasteiger partial charge in [-0.2, -0.15) is 5.10 Å². The number of allylic oxidation sites excluding steroid dienone is 1. The lowest BCUT2D eigenvalue weighted by Gasteiger charge is -2.42. The summed E-state index contributed by atoms with van der Waals surface area (Å²) in [7, 11) is -0.0412. The molecule has 2 amide bonds. The van der Waals surface area contributed by atoms with Gasteiger partial charge in [-0.15, -0.1) is 0 Å². The minimum absolute atomic E-state index is 0.0361. The van der Waals surface area contributed by atoms with Crippen molar-refractivity contribution in [3.05, 3.63) is 70.5 Å². The van der Waals surface area contributed by atoms with E-state index in [1.165, 1.54) is 12.0 Å². The lowest BCUT2D eigenvalue weighted by Crippen LogP contribution is -2.52. The van der Waals surface area contributed by atoms with Gasteiger partial charge in [0.25, 0.3) is 11.8 Å². The molecule has 2 atom stereocenters. The number of hydrogen-bond donors (Lipinski definition) is 2. The van der Waals surface area contributed by atoms with Gasteiger partial charge < -0.3 is 24.2 Å². The Morgan fingerprint density at radius 1 is 0.932 bits per heavy atom. The molecule has 314 valence electrons. The van der Waals surface area contributed by atoms with Crippen molar-refractivity contribution >= 4 is 44.4 Å². The molecule has 2 N–H and O–H groups in total. The van der Waals surface area contributed by atoms with Crippen molar-refractivity contribution in [1.82, 2.24) is 28.9 Å². The lowest BCUT2D eigenvalue weighted by molar-refractivity contribution is -0.0300. The number of ether oxygens (including phenoxy) is 1.